The Morgan fingerprint density at radius 2 is 1.83 bits per heavy atom. The van der Waals surface area contributed by atoms with Gasteiger partial charge in [0.2, 0.25) is 0 Å². The van der Waals surface area contributed by atoms with Gasteiger partial charge in [-0.1, -0.05) is 30.3 Å². The Balaban J connectivity index is 1.56. The number of aromatic nitrogens is 4. The van der Waals surface area contributed by atoms with Gasteiger partial charge in [0, 0.05) is 12.1 Å². The number of methoxy groups -OCH3 is 1. The molecule has 0 aliphatic rings. The Labute approximate surface area is 172 Å². The van der Waals surface area contributed by atoms with E-state index in [4.69, 9.17) is 13.9 Å². The Hall–Kier alpha value is -3.87. The first-order valence-corrected chi connectivity index (χ1v) is 9.60. The molecule has 0 spiro atoms. The van der Waals surface area contributed by atoms with Crippen molar-refractivity contribution in [1.29, 1.82) is 0 Å². The van der Waals surface area contributed by atoms with E-state index in [0.29, 0.717) is 40.9 Å². The van der Waals surface area contributed by atoms with Crippen LogP contribution in [-0.4, -0.2) is 26.7 Å². The highest BCUT2D eigenvalue weighted by Gasteiger charge is 2.16. The zero-order valence-corrected chi connectivity index (χ0v) is 16.9. The number of aryl methyl sites for hydroxylation is 2. The molecule has 0 fully saturated rings. The lowest BCUT2D eigenvalue weighted by atomic mass is 10.2. The van der Waals surface area contributed by atoms with Gasteiger partial charge in [-0.15, -0.1) is 0 Å². The summed E-state index contributed by atoms with van der Waals surface area (Å²) in [4.78, 5) is 9.06. The molecule has 0 unspecified atom stereocenters. The maximum Gasteiger partial charge on any atom is 0.251 e. The molecule has 3 aromatic heterocycles. The van der Waals surface area contributed by atoms with Crippen LogP contribution in [0.2, 0.25) is 0 Å². The summed E-state index contributed by atoms with van der Waals surface area (Å²) in [6, 6.07) is 15.7. The van der Waals surface area contributed by atoms with Crippen molar-refractivity contribution in [2.24, 2.45) is 0 Å². The van der Waals surface area contributed by atoms with Gasteiger partial charge in [0.15, 0.2) is 5.76 Å². The Kier molecular flexibility index (Phi) is 4.35. The summed E-state index contributed by atoms with van der Waals surface area (Å²) >= 11 is 0. The zero-order chi connectivity index (χ0) is 20.7. The van der Waals surface area contributed by atoms with Gasteiger partial charge < -0.3 is 13.9 Å². The van der Waals surface area contributed by atoms with E-state index in [1.807, 2.05) is 68.6 Å². The number of nitrogens with zero attached hydrogens (tertiary/aromatic N) is 4. The van der Waals surface area contributed by atoms with E-state index in [-0.39, 0.29) is 0 Å². The van der Waals surface area contributed by atoms with Gasteiger partial charge in [-0.25, -0.2) is 14.5 Å². The van der Waals surface area contributed by atoms with Gasteiger partial charge in [-0.3, -0.25) is 0 Å². The lowest BCUT2D eigenvalue weighted by Gasteiger charge is -2.09. The predicted molar refractivity (Wildman–Crippen MR) is 113 cm³/mol. The molecule has 7 nitrogen and oxygen atoms in total. The molecule has 0 atom stereocenters. The second kappa shape index (κ2) is 7.18. The zero-order valence-electron chi connectivity index (χ0n) is 16.9. The monoisotopic (exact) mass is 400 g/mol. The van der Waals surface area contributed by atoms with Crippen LogP contribution in [0.3, 0.4) is 0 Å². The Morgan fingerprint density at radius 3 is 2.63 bits per heavy atom. The van der Waals surface area contributed by atoms with Crippen molar-refractivity contribution >= 4 is 16.7 Å². The van der Waals surface area contributed by atoms with E-state index in [1.54, 1.807) is 11.6 Å². The van der Waals surface area contributed by atoms with Crippen molar-refractivity contribution in [3.05, 3.63) is 71.7 Å². The lowest BCUT2D eigenvalue weighted by molar-refractivity contribution is 0.307. The summed E-state index contributed by atoms with van der Waals surface area (Å²) in [6.45, 7) is 4.29. The van der Waals surface area contributed by atoms with Crippen molar-refractivity contribution in [3.63, 3.8) is 0 Å². The molecule has 3 heterocycles. The molecule has 0 aliphatic carbocycles. The van der Waals surface area contributed by atoms with Gasteiger partial charge in [0.25, 0.3) is 5.78 Å². The third-order valence-electron chi connectivity index (χ3n) is 5.02. The fourth-order valence-electron chi connectivity index (χ4n) is 3.28. The minimum Gasteiger partial charge on any atom is -0.496 e. The average molecular weight is 400 g/mol. The minimum atomic E-state index is 0.449. The molecule has 0 N–H and O–H groups in total. The summed E-state index contributed by atoms with van der Waals surface area (Å²) in [6.07, 6.45) is 1.81. The van der Waals surface area contributed by atoms with Crippen molar-refractivity contribution in [2.45, 2.75) is 20.5 Å². The first-order chi connectivity index (χ1) is 14.6. The maximum absolute atomic E-state index is 6.10. The highest BCUT2D eigenvalue weighted by molar-refractivity contribution is 5.89. The van der Waals surface area contributed by atoms with Crippen LogP contribution in [0.4, 0.5) is 0 Å². The molecule has 0 saturated heterocycles. The van der Waals surface area contributed by atoms with Gasteiger partial charge in [-0.2, -0.15) is 5.10 Å². The first kappa shape index (κ1) is 18.2. The van der Waals surface area contributed by atoms with Crippen molar-refractivity contribution in [1.82, 2.24) is 19.6 Å². The van der Waals surface area contributed by atoms with E-state index < -0.39 is 0 Å². The molecule has 0 amide bonds. The van der Waals surface area contributed by atoms with Crippen LogP contribution < -0.4 is 9.47 Å². The van der Waals surface area contributed by atoms with E-state index in [0.717, 1.165) is 22.3 Å². The average Bonchev–Trinajstić information content (AvgIpc) is 3.36. The van der Waals surface area contributed by atoms with Crippen LogP contribution in [0, 0.1) is 13.8 Å². The number of imidazole rings is 1. The summed E-state index contributed by atoms with van der Waals surface area (Å²) < 4.78 is 19.3. The molecule has 5 rings (SSSR count). The molecule has 150 valence electrons. The topological polar surface area (TPSA) is 74.7 Å². The minimum absolute atomic E-state index is 0.449. The molecular formula is C23H20N4O3. The van der Waals surface area contributed by atoms with Gasteiger partial charge in [-0.05, 0) is 25.5 Å². The van der Waals surface area contributed by atoms with E-state index in [2.05, 4.69) is 15.1 Å². The number of hydrogen-bond donors (Lipinski definition) is 0. The molecular weight excluding hydrogens is 380 g/mol. The highest BCUT2D eigenvalue weighted by atomic mass is 16.5. The number of ether oxygens (including phenoxy) is 2. The standard InChI is InChI=1S/C23H20N4O3/c1-14-15(2)26-27-12-19(25-23(27)24-14)22-11-18-20(9-17(28-3)10-21(18)30-22)29-13-16-7-5-4-6-8-16/h4-12H,13H2,1-3H3. The molecule has 0 radical (unpaired) electrons. The van der Waals surface area contributed by atoms with Crippen LogP contribution in [0.25, 0.3) is 28.2 Å². The second-order valence-electron chi connectivity index (χ2n) is 7.08. The lowest BCUT2D eigenvalue weighted by Crippen LogP contribution is -1.99. The largest absolute Gasteiger partial charge is 0.496 e. The SMILES string of the molecule is COc1cc(OCc2ccccc2)c2cc(-c3cn4nc(C)c(C)nc4n3)oc2c1. The van der Waals surface area contributed by atoms with Gasteiger partial charge in [0.1, 0.15) is 29.4 Å². The molecule has 0 aliphatic heterocycles. The molecule has 0 saturated carbocycles. The van der Waals surface area contributed by atoms with Crippen molar-refractivity contribution < 1.29 is 13.9 Å². The van der Waals surface area contributed by atoms with Crippen molar-refractivity contribution in [2.75, 3.05) is 7.11 Å². The molecule has 2 aromatic carbocycles. The number of fused-ring (bicyclic) bond motifs is 2. The van der Waals surface area contributed by atoms with Crippen LogP contribution in [0.1, 0.15) is 17.0 Å². The summed E-state index contributed by atoms with van der Waals surface area (Å²) in [5, 5.41) is 5.34. The smallest absolute Gasteiger partial charge is 0.251 e. The normalized spacial score (nSPS) is 11.3. The fourth-order valence-corrected chi connectivity index (χ4v) is 3.28. The predicted octanol–water partition coefficient (Wildman–Crippen LogP) is 4.74. The Bertz CT molecular complexity index is 1320. The van der Waals surface area contributed by atoms with Crippen molar-refractivity contribution in [3.8, 4) is 23.0 Å². The second-order valence-corrected chi connectivity index (χ2v) is 7.08. The third kappa shape index (κ3) is 3.24. The Morgan fingerprint density at radius 1 is 1.00 bits per heavy atom. The summed E-state index contributed by atoms with van der Waals surface area (Å²) in [7, 11) is 1.62. The van der Waals surface area contributed by atoms with Crippen LogP contribution in [0.15, 0.2) is 59.1 Å². The number of benzene rings is 2. The third-order valence-corrected chi connectivity index (χ3v) is 5.02. The van der Waals surface area contributed by atoms with Crippen LogP contribution >= 0.6 is 0 Å². The van der Waals surface area contributed by atoms with E-state index in [9.17, 15) is 0 Å². The number of furan rings is 1. The van der Waals surface area contributed by atoms with E-state index >= 15 is 0 Å². The fraction of sp³-hybridized carbons (Fsp3) is 0.174. The molecule has 30 heavy (non-hydrogen) atoms. The summed E-state index contributed by atoms with van der Waals surface area (Å²) in [5.41, 5.74) is 4.12. The molecule has 7 heteroatoms. The quantitative estimate of drug-likeness (QED) is 0.424. The summed E-state index contributed by atoms with van der Waals surface area (Å²) in [5.74, 6) is 2.50. The molecule has 5 aromatic rings. The van der Waals surface area contributed by atoms with E-state index in [1.165, 1.54) is 0 Å². The van der Waals surface area contributed by atoms with Crippen LogP contribution in [-0.2, 0) is 6.61 Å². The maximum atomic E-state index is 6.10. The first-order valence-electron chi connectivity index (χ1n) is 9.60. The number of hydrogen-bond acceptors (Lipinski definition) is 6. The van der Waals surface area contributed by atoms with Crippen LogP contribution in [0.5, 0.6) is 11.5 Å². The highest BCUT2D eigenvalue weighted by Crippen LogP contribution is 2.37. The van der Waals surface area contributed by atoms with Gasteiger partial charge >= 0.3 is 0 Å². The molecule has 0 bridgehead atoms. The number of rotatable bonds is 5. The van der Waals surface area contributed by atoms with Gasteiger partial charge in [0.05, 0.1) is 30.1 Å².